The molecule has 0 unspecified atom stereocenters. The van der Waals surface area contributed by atoms with Gasteiger partial charge >= 0.3 is 0 Å². The fourth-order valence-electron chi connectivity index (χ4n) is 1.27. The van der Waals surface area contributed by atoms with E-state index >= 15 is 0 Å². The zero-order chi connectivity index (χ0) is 12.3. The van der Waals surface area contributed by atoms with Crippen LogP contribution in [0.15, 0.2) is 18.2 Å². The maximum Gasteiger partial charge on any atom is 0.255 e. The van der Waals surface area contributed by atoms with Gasteiger partial charge in [-0.05, 0) is 18.2 Å². The fraction of sp³-hybridized carbons (Fsp3) is 0.300. The Hall–Kier alpha value is -1.85. The lowest BCUT2D eigenvalue weighted by Gasteiger charge is -2.17. The smallest absolute Gasteiger partial charge is 0.255 e. The summed E-state index contributed by atoms with van der Waals surface area (Å²) < 4.78 is 24.2. The molecule has 0 aliphatic rings. The Bertz CT molecular complexity index is 396. The van der Waals surface area contributed by atoms with E-state index < -0.39 is 18.9 Å². The molecule has 1 aromatic carbocycles. The molecule has 6 heteroatoms. The molecule has 4 nitrogen and oxygen atoms in total. The van der Waals surface area contributed by atoms with Gasteiger partial charge in [-0.25, -0.2) is 8.78 Å². The van der Waals surface area contributed by atoms with E-state index in [9.17, 15) is 13.6 Å². The second-order valence-electron chi connectivity index (χ2n) is 3.42. The quantitative estimate of drug-likeness (QED) is 0.764. The normalized spacial score (nSPS) is 10.5. The number of nitrogen functional groups attached to an aromatic ring is 2. The molecule has 4 N–H and O–H groups in total. The molecule has 0 atom stereocenters. The van der Waals surface area contributed by atoms with Crippen LogP contribution in [0, 0.1) is 0 Å². The maximum absolute atomic E-state index is 12.1. The average Bonchev–Trinajstić information content (AvgIpc) is 2.15. The molecule has 1 rings (SSSR count). The van der Waals surface area contributed by atoms with Crippen molar-refractivity contribution in [3.8, 4) is 0 Å². The minimum absolute atomic E-state index is 0.178. The topological polar surface area (TPSA) is 72.3 Å². The number of alkyl halides is 2. The molecule has 88 valence electrons. The molecule has 0 bridgehead atoms. The van der Waals surface area contributed by atoms with Gasteiger partial charge in [-0.2, -0.15) is 0 Å². The Kier molecular flexibility index (Phi) is 3.65. The van der Waals surface area contributed by atoms with Gasteiger partial charge in [-0.1, -0.05) is 0 Å². The molecule has 0 spiro atoms. The van der Waals surface area contributed by atoms with E-state index in [2.05, 4.69) is 0 Å². The summed E-state index contributed by atoms with van der Waals surface area (Å²) in [5, 5.41) is 0. The Balaban J connectivity index is 2.88. The van der Waals surface area contributed by atoms with Crippen molar-refractivity contribution in [2.75, 3.05) is 25.1 Å². The van der Waals surface area contributed by atoms with E-state index in [1.54, 1.807) is 0 Å². The van der Waals surface area contributed by atoms with Crippen molar-refractivity contribution in [2.24, 2.45) is 0 Å². The van der Waals surface area contributed by atoms with E-state index in [1.165, 1.54) is 25.2 Å². The summed E-state index contributed by atoms with van der Waals surface area (Å²) in [5.41, 5.74) is 11.8. The van der Waals surface area contributed by atoms with Gasteiger partial charge in [0.25, 0.3) is 12.3 Å². The Labute approximate surface area is 91.8 Å². The van der Waals surface area contributed by atoms with Crippen LogP contribution < -0.4 is 11.5 Å². The summed E-state index contributed by atoms with van der Waals surface area (Å²) in [4.78, 5) is 12.6. The van der Waals surface area contributed by atoms with Gasteiger partial charge in [0, 0.05) is 18.4 Å². The number of halogens is 2. The van der Waals surface area contributed by atoms with Crippen LogP contribution in [0.4, 0.5) is 20.2 Å². The third kappa shape index (κ3) is 2.82. The summed E-state index contributed by atoms with van der Waals surface area (Å²) in [6.07, 6.45) is -2.57. The molecule has 0 radical (unpaired) electrons. The zero-order valence-corrected chi connectivity index (χ0v) is 8.78. The predicted octanol–water partition coefficient (Wildman–Crippen LogP) is 1.19. The number of hydrogen-bond acceptors (Lipinski definition) is 3. The summed E-state index contributed by atoms with van der Waals surface area (Å²) in [6, 6.07) is 4.35. The van der Waals surface area contributed by atoms with Gasteiger partial charge in [0.1, 0.15) is 0 Å². The molecule has 0 fully saturated rings. The van der Waals surface area contributed by atoms with Gasteiger partial charge in [-0.3, -0.25) is 4.79 Å². The lowest BCUT2D eigenvalue weighted by molar-refractivity contribution is 0.0621. The van der Waals surface area contributed by atoms with Crippen LogP contribution >= 0.6 is 0 Å². The van der Waals surface area contributed by atoms with Crippen LogP contribution in [0.25, 0.3) is 0 Å². The van der Waals surface area contributed by atoms with Crippen molar-refractivity contribution in [1.82, 2.24) is 4.90 Å². The van der Waals surface area contributed by atoms with Crippen LogP contribution in [0.5, 0.6) is 0 Å². The number of benzene rings is 1. The second-order valence-corrected chi connectivity index (χ2v) is 3.42. The molecular weight excluding hydrogens is 216 g/mol. The fourth-order valence-corrected chi connectivity index (χ4v) is 1.27. The molecule has 0 saturated carbocycles. The van der Waals surface area contributed by atoms with Crippen LogP contribution in [-0.4, -0.2) is 30.8 Å². The van der Waals surface area contributed by atoms with E-state index in [4.69, 9.17) is 11.5 Å². The highest BCUT2D eigenvalue weighted by Gasteiger charge is 2.17. The molecule has 0 aliphatic heterocycles. The summed E-state index contributed by atoms with van der Waals surface area (Å²) >= 11 is 0. The molecule has 0 aromatic heterocycles. The van der Waals surface area contributed by atoms with E-state index in [0.717, 1.165) is 4.90 Å². The predicted molar refractivity (Wildman–Crippen MR) is 58.2 cm³/mol. The van der Waals surface area contributed by atoms with Crippen molar-refractivity contribution in [3.05, 3.63) is 23.8 Å². The summed E-state index contributed by atoms with van der Waals surface area (Å²) in [5.74, 6) is -0.544. The van der Waals surface area contributed by atoms with E-state index in [0.29, 0.717) is 5.69 Å². The van der Waals surface area contributed by atoms with E-state index in [1.807, 2.05) is 0 Å². The number of carbonyl (C=O) groups is 1. The van der Waals surface area contributed by atoms with Gasteiger partial charge in [0.05, 0.1) is 12.1 Å². The number of carbonyl (C=O) groups excluding carboxylic acids is 1. The molecule has 0 aliphatic carbocycles. The molecule has 1 aromatic rings. The number of amides is 1. The highest BCUT2D eigenvalue weighted by Crippen LogP contribution is 2.17. The Morgan fingerprint density at radius 3 is 2.56 bits per heavy atom. The molecule has 0 saturated heterocycles. The number of hydrogen-bond donors (Lipinski definition) is 2. The third-order valence-electron chi connectivity index (χ3n) is 2.06. The maximum atomic E-state index is 12.1. The number of rotatable bonds is 3. The SMILES string of the molecule is CN(CC(F)F)C(=O)c1ccc(N)cc1N. The van der Waals surface area contributed by atoms with Crippen LogP contribution in [-0.2, 0) is 0 Å². The average molecular weight is 229 g/mol. The van der Waals surface area contributed by atoms with E-state index in [-0.39, 0.29) is 11.3 Å². The molecular formula is C10H13F2N3O. The standard InChI is InChI=1S/C10H13F2N3O/c1-15(5-9(11)12)10(16)7-3-2-6(13)4-8(7)14/h2-4,9H,5,13-14H2,1H3. The monoisotopic (exact) mass is 229 g/mol. The first-order valence-corrected chi connectivity index (χ1v) is 4.60. The minimum atomic E-state index is -2.57. The number of anilines is 2. The Morgan fingerprint density at radius 2 is 2.06 bits per heavy atom. The highest BCUT2D eigenvalue weighted by atomic mass is 19.3. The van der Waals surface area contributed by atoms with Gasteiger partial charge in [-0.15, -0.1) is 0 Å². The van der Waals surface area contributed by atoms with Gasteiger partial charge in [0.2, 0.25) is 0 Å². The largest absolute Gasteiger partial charge is 0.399 e. The molecule has 16 heavy (non-hydrogen) atoms. The lowest BCUT2D eigenvalue weighted by atomic mass is 10.1. The van der Waals surface area contributed by atoms with Crippen LogP contribution in [0.1, 0.15) is 10.4 Å². The molecule has 1 amide bonds. The summed E-state index contributed by atoms with van der Waals surface area (Å²) in [7, 11) is 1.30. The van der Waals surface area contributed by atoms with Crippen molar-refractivity contribution in [3.63, 3.8) is 0 Å². The van der Waals surface area contributed by atoms with Crippen molar-refractivity contribution < 1.29 is 13.6 Å². The van der Waals surface area contributed by atoms with Crippen molar-refractivity contribution >= 4 is 17.3 Å². The Morgan fingerprint density at radius 1 is 1.44 bits per heavy atom. The van der Waals surface area contributed by atoms with Gasteiger partial charge < -0.3 is 16.4 Å². The zero-order valence-electron chi connectivity index (χ0n) is 8.78. The first-order chi connectivity index (χ1) is 7.41. The first-order valence-electron chi connectivity index (χ1n) is 4.60. The van der Waals surface area contributed by atoms with Crippen LogP contribution in [0.2, 0.25) is 0 Å². The third-order valence-corrected chi connectivity index (χ3v) is 2.06. The molecule has 0 heterocycles. The van der Waals surface area contributed by atoms with Crippen LogP contribution in [0.3, 0.4) is 0 Å². The van der Waals surface area contributed by atoms with Gasteiger partial charge in [0.15, 0.2) is 0 Å². The number of nitrogens with zero attached hydrogens (tertiary/aromatic N) is 1. The highest BCUT2D eigenvalue weighted by molar-refractivity contribution is 5.99. The van der Waals surface area contributed by atoms with Crippen molar-refractivity contribution in [1.29, 1.82) is 0 Å². The second kappa shape index (κ2) is 4.78. The first kappa shape index (κ1) is 12.2. The lowest BCUT2D eigenvalue weighted by Crippen LogP contribution is -2.31. The number of nitrogens with two attached hydrogens (primary N) is 2. The minimum Gasteiger partial charge on any atom is -0.399 e. The summed E-state index contributed by atoms with van der Waals surface area (Å²) in [6.45, 7) is -0.622. The van der Waals surface area contributed by atoms with Crippen molar-refractivity contribution in [2.45, 2.75) is 6.43 Å².